The molecule has 0 bridgehead atoms. The number of amides is 1. The fraction of sp³-hybridized carbons (Fsp3) is 0.391. The molecule has 10 heteroatoms. The fourth-order valence-electron chi connectivity index (χ4n) is 4.06. The van der Waals surface area contributed by atoms with Crippen LogP contribution in [-0.2, 0) is 25.6 Å². The van der Waals surface area contributed by atoms with Gasteiger partial charge in [0.05, 0.1) is 30.0 Å². The number of hydrogen-bond acceptors (Lipinski definition) is 9. The van der Waals surface area contributed by atoms with Crippen molar-refractivity contribution >= 4 is 39.2 Å². The molecule has 2 aromatic heterocycles. The van der Waals surface area contributed by atoms with Crippen LogP contribution < -0.4 is 4.90 Å². The minimum Gasteiger partial charge on any atom is -0.508 e. The van der Waals surface area contributed by atoms with E-state index < -0.39 is 6.10 Å². The molecule has 0 radical (unpaired) electrons. The lowest BCUT2D eigenvalue weighted by Crippen LogP contribution is -2.36. The van der Waals surface area contributed by atoms with Gasteiger partial charge in [-0.25, -0.2) is 9.97 Å². The zero-order valence-electron chi connectivity index (χ0n) is 18.2. The van der Waals surface area contributed by atoms with Crippen LogP contribution >= 0.6 is 11.3 Å². The molecule has 0 saturated carbocycles. The Balaban J connectivity index is 1.48. The number of rotatable bonds is 5. The van der Waals surface area contributed by atoms with Gasteiger partial charge in [0.15, 0.2) is 17.7 Å². The van der Waals surface area contributed by atoms with Crippen molar-refractivity contribution < 1.29 is 24.2 Å². The molecule has 0 spiro atoms. The Labute approximate surface area is 194 Å². The van der Waals surface area contributed by atoms with Crippen LogP contribution in [0, 0.1) is 0 Å². The summed E-state index contributed by atoms with van der Waals surface area (Å²) < 4.78 is 11.6. The van der Waals surface area contributed by atoms with Gasteiger partial charge < -0.3 is 24.4 Å². The largest absolute Gasteiger partial charge is 0.508 e. The number of likely N-dealkylation sites (N-methyl/N-ethyl adjacent to an activating group) is 1. The quantitative estimate of drug-likeness (QED) is 0.570. The Kier molecular flexibility index (Phi) is 5.86. The van der Waals surface area contributed by atoms with E-state index in [-0.39, 0.29) is 24.0 Å². The predicted molar refractivity (Wildman–Crippen MR) is 123 cm³/mol. The Morgan fingerprint density at radius 1 is 1.27 bits per heavy atom. The molecule has 1 amide bonds. The number of ether oxygens (including phenoxy) is 2. The van der Waals surface area contributed by atoms with E-state index in [0.717, 1.165) is 39.6 Å². The lowest BCUT2D eigenvalue weighted by molar-refractivity contribution is -0.152. The summed E-state index contributed by atoms with van der Waals surface area (Å²) in [6.07, 6.45) is 0.00981. The maximum Gasteiger partial charge on any atom is 0.306 e. The Morgan fingerprint density at radius 2 is 2.09 bits per heavy atom. The first-order valence-corrected chi connectivity index (χ1v) is 11.7. The van der Waals surface area contributed by atoms with Crippen LogP contribution in [0.2, 0.25) is 0 Å². The number of benzene rings is 1. The molecule has 1 atom stereocenters. The van der Waals surface area contributed by atoms with Crippen molar-refractivity contribution in [2.75, 3.05) is 38.3 Å². The monoisotopic (exact) mass is 468 g/mol. The molecule has 0 unspecified atom stereocenters. The number of hydrogen-bond donors (Lipinski definition) is 1. The second-order valence-corrected chi connectivity index (χ2v) is 9.30. The van der Waals surface area contributed by atoms with Gasteiger partial charge in [-0.05, 0) is 18.2 Å². The first kappa shape index (κ1) is 21.6. The van der Waals surface area contributed by atoms with Gasteiger partial charge in [-0.2, -0.15) is 0 Å². The summed E-state index contributed by atoms with van der Waals surface area (Å²) in [6.45, 7) is 3.09. The third-order valence-electron chi connectivity index (χ3n) is 5.75. The highest BCUT2D eigenvalue weighted by molar-refractivity contribution is 7.19. The van der Waals surface area contributed by atoms with Crippen LogP contribution in [0.15, 0.2) is 30.3 Å². The first-order chi connectivity index (χ1) is 16.0. The zero-order chi connectivity index (χ0) is 22.9. The molecule has 1 aromatic carbocycles. The van der Waals surface area contributed by atoms with Crippen molar-refractivity contribution in [3.05, 3.63) is 35.2 Å². The number of phenols is 1. The van der Waals surface area contributed by atoms with Gasteiger partial charge in [-0.3, -0.25) is 9.59 Å². The molecule has 2 fully saturated rings. The van der Waals surface area contributed by atoms with Crippen molar-refractivity contribution in [3.8, 4) is 17.1 Å². The van der Waals surface area contributed by atoms with Gasteiger partial charge in [0, 0.05) is 43.4 Å². The van der Waals surface area contributed by atoms with Crippen molar-refractivity contribution in [1.29, 1.82) is 0 Å². The van der Waals surface area contributed by atoms with E-state index in [1.165, 1.54) is 0 Å². The van der Waals surface area contributed by atoms with Crippen LogP contribution in [0.25, 0.3) is 21.6 Å². The zero-order valence-corrected chi connectivity index (χ0v) is 19.0. The summed E-state index contributed by atoms with van der Waals surface area (Å²) in [7, 11) is 1.71. The summed E-state index contributed by atoms with van der Waals surface area (Å²) in [4.78, 5) is 38.4. The Hall–Kier alpha value is -3.24. The van der Waals surface area contributed by atoms with E-state index in [1.54, 1.807) is 41.5 Å². The lowest BCUT2D eigenvalue weighted by atomic mass is 10.2. The summed E-state index contributed by atoms with van der Waals surface area (Å²) in [5, 5.41) is 9.92. The molecule has 33 heavy (non-hydrogen) atoms. The number of esters is 1. The third kappa shape index (κ3) is 4.49. The van der Waals surface area contributed by atoms with Gasteiger partial charge in [-0.1, -0.05) is 12.1 Å². The smallest absolute Gasteiger partial charge is 0.306 e. The highest BCUT2D eigenvalue weighted by atomic mass is 32.1. The first-order valence-electron chi connectivity index (χ1n) is 10.8. The second kappa shape index (κ2) is 8.95. The number of carbonyl (C=O) groups is 2. The summed E-state index contributed by atoms with van der Waals surface area (Å²) in [5.74, 6) is 0.998. The number of phenolic OH excluding ortho intramolecular Hbond substituents is 1. The van der Waals surface area contributed by atoms with Crippen LogP contribution in [0.1, 0.15) is 17.7 Å². The minimum absolute atomic E-state index is 0.155. The van der Waals surface area contributed by atoms with Gasteiger partial charge in [0.2, 0.25) is 0 Å². The number of anilines is 1. The second-order valence-electron chi connectivity index (χ2n) is 8.16. The Bertz CT molecular complexity index is 1210. The van der Waals surface area contributed by atoms with E-state index in [0.29, 0.717) is 32.0 Å². The average Bonchev–Trinajstić information content (AvgIpc) is 3.44. The number of fused-ring (bicyclic) bond motifs is 1. The maximum atomic E-state index is 12.7. The number of cyclic esters (lactones) is 1. The van der Waals surface area contributed by atoms with Crippen LogP contribution in [-0.4, -0.2) is 71.3 Å². The average molecular weight is 469 g/mol. The van der Waals surface area contributed by atoms with Gasteiger partial charge in [0.25, 0.3) is 5.91 Å². The third-order valence-corrected chi connectivity index (χ3v) is 6.85. The molecular weight excluding hydrogens is 444 g/mol. The van der Waals surface area contributed by atoms with Gasteiger partial charge in [0.1, 0.15) is 5.75 Å². The number of aromatic nitrogens is 2. The number of thiophene rings is 1. The van der Waals surface area contributed by atoms with Crippen LogP contribution in [0.5, 0.6) is 5.75 Å². The highest BCUT2D eigenvalue weighted by Crippen LogP contribution is 2.35. The molecule has 5 rings (SSSR count). The summed E-state index contributed by atoms with van der Waals surface area (Å²) in [5.41, 5.74) is 1.52. The summed E-state index contributed by atoms with van der Waals surface area (Å²) >= 11 is 1.55. The van der Waals surface area contributed by atoms with Crippen molar-refractivity contribution in [3.63, 3.8) is 0 Å². The molecule has 172 valence electrons. The minimum atomic E-state index is -0.696. The molecule has 9 nitrogen and oxygen atoms in total. The molecular formula is C23H24N4O5S. The maximum absolute atomic E-state index is 12.7. The van der Waals surface area contributed by atoms with E-state index in [9.17, 15) is 14.7 Å². The van der Waals surface area contributed by atoms with Gasteiger partial charge in [-0.15, -0.1) is 11.3 Å². The Morgan fingerprint density at radius 3 is 2.82 bits per heavy atom. The normalized spacial score (nSPS) is 18.5. The van der Waals surface area contributed by atoms with Crippen molar-refractivity contribution in [1.82, 2.24) is 14.9 Å². The van der Waals surface area contributed by atoms with Crippen molar-refractivity contribution in [2.24, 2.45) is 0 Å². The van der Waals surface area contributed by atoms with E-state index >= 15 is 0 Å². The van der Waals surface area contributed by atoms with Crippen LogP contribution in [0.3, 0.4) is 0 Å². The molecule has 2 aliphatic rings. The topological polar surface area (TPSA) is 105 Å². The van der Waals surface area contributed by atoms with Crippen molar-refractivity contribution in [2.45, 2.75) is 25.5 Å². The molecule has 4 heterocycles. The predicted octanol–water partition coefficient (Wildman–Crippen LogP) is 2.56. The lowest BCUT2D eigenvalue weighted by Gasteiger charge is -2.28. The number of aromatic hydroxyl groups is 1. The standard InChI is InChI=1S/C23H24N4O5S/c1-26(23(30)18-5-6-19(29)32-18)13-16-12-17-20(33-16)22(27-7-9-31-10-8-27)25-21(24-17)14-3-2-4-15(28)11-14/h2-4,11-12,18,28H,5-10,13H2,1H3/t18-/m1/s1. The number of morpholine rings is 1. The SMILES string of the molecule is CN(Cc1cc2nc(-c3cccc(O)c3)nc(N3CCOCC3)c2s1)C(=O)[C@H]1CCC(=O)O1. The van der Waals surface area contributed by atoms with E-state index in [4.69, 9.17) is 19.4 Å². The summed E-state index contributed by atoms with van der Waals surface area (Å²) in [6, 6.07) is 8.87. The molecule has 2 saturated heterocycles. The van der Waals surface area contributed by atoms with Gasteiger partial charge >= 0.3 is 5.97 Å². The number of nitrogens with zero attached hydrogens (tertiary/aromatic N) is 4. The molecule has 3 aromatic rings. The number of carbonyl (C=O) groups excluding carboxylic acids is 2. The molecule has 2 aliphatic heterocycles. The highest BCUT2D eigenvalue weighted by Gasteiger charge is 2.32. The van der Waals surface area contributed by atoms with E-state index in [1.807, 2.05) is 12.1 Å². The molecule has 1 N–H and O–H groups in total. The fourth-order valence-corrected chi connectivity index (χ4v) is 5.23. The van der Waals surface area contributed by atoms with Crippen LogP contribution in [0.4, 0.5) is 5.82 Å². The van der Waals surface area contributed by atoms with E-state index in [2.05, 4.69) is 4.90 Å². The molecule has 0 aliphatic carbocycles.